The van der Waals surface area contributed by atoms with Gasteiger partial charge in [-0.3, -0.25) is 0 Å². The van der Waals surface area contributed by atoms with Gasteiger partial charge in [0.15, 0.2) is 0 Å². The number of aryl methyl sites for hydroxylation is 2. The predicted octanol–water partition coefficient (Wildman–Crippen LogP) is 3.88. The van der Waals surface area contributed by atoms with Gasteiger partial charge in [-0.1, -0.05) is 13.8 Å². The molecule has 0 saturated heterocycles. The molecular formula is C15H25NOS. The zero-order chi connectivity index (χ0) is 13.3. The molecule has 1 N–H and O–H groups in total. The second-order valence-corrected chi connectivity index (χ2v) is 7.52. The lowest BCUT2D eigenvalue weighted by molar-refractivity contribution is -0.0146. The number of hydrogen-bond acceptors (Lipinski definition) is 3. The minimum Gasteiger partial charge on any atom is -0.389 e. The summed E-state index contributed by atoms with van der Waals surface area (Å²) < 4.78 is 0. The van der Waals surface area contributed by atoms with Gasteiger partial charge in [0.2, 0.25) is 0 Å². The van der Waals surface area contributed by atoms with Gasteiger partial charge in [-0.25, -0.2) is 4.98 Å². The minimum atomic E-state index is -0.498. The largest absolute Gasteiger partial charge is 0.389 e. The average molecular weight is 267 g/mol. The summed E-state index contributed by atoms with van der Waals surface area (Å²) >= 11 is 1.74. The molecule has 1 aromatic rings. The van der Waals surface area contributed by atoms with Crippen LogP contribution in [0.1, 0.15) is 55.1 Å². The normalized spacial score (nSPS) is 28.9. The van der Waals surface area contributed by atoms with Crippen molar-refractivity contribution < 1.29 is 5.11 Å². The second kappa shape index (κ2) is 5.30. The molecular weight excluding hydrogens is 242 g/mol. The second-order valence-electron chi connectivity index (χ2n) is 6.23. The quantitative estimate of drug-likeness (QED) is 0.901. The van der Waals surface area contributed by atoms with Crippen LogP contribution < -0.4 is 0 Å². The first kappa shape index (κ1) is 14.0. The minimum absolute atomic E-state index is 0.498. The Labute approximate surface area is 114 Å². The van der Waals surface area contributed by atoms with E-state index in [1.165, 1.54) is 4.88 Å². The molecule has 2 rings (SSSR count). The summed E-state index contributed by atoms with van der Waals surface area (Å²) in [5.74, 6) is 1.55. The number of rotatable bonds is 3. The molecule has 0 radical (unpaired) electrons. The highest BCUT2D eigenvalue weighted by atomic mass is 32.1. The molecule has 2 nitrogen and oxygen atoms in total. The third kappa shape index (κ3) is 3.12. The summed E-state index contributed by atoms with van der Waals surface area (Å²) in [6.07, 6.45) is 4.95. The lowest BCUT2D eigenvalue weighted by Gasteiger charge is -2.37. The first-order valence-electron chi connectivity index (χ1n) is 7.05. The Bertz CT molecular complexity index is 383. The Morgan fingerprint density at radius 3 is 2.39 bits per heavy atom. The molecule has 1 aromatic heterocycles. The average Bonchev–Trinajstić information content (AvgIpc) is 2.57. The van der Waals surface area contributed by atoms with Crippen LogP contribution in [0.5, 0.6) is 0 Å². The standard InChI is InChI=1S/C15H25NOS/c1-10(2)13-5-7-15(17,8-6-13)9-14-16-11(3)12(4)18-14/h10,13,17H,5-9H2,1-4H3. The third-order valence-corrected chi connectivity index (χ3v) is 5.53. The molecule has 0 amide bonds. The highest BCUT2D eigenvalue weighted by Crippen LogP contribution is 2.38. The van der Waals surface area contributed by atoms with Crippen LogP contribution in [0.25, 0.3) is 0 Å². The van der Waals surface area contributed by atoms with E-state index in [0.717, 1.165) is 54.6 Å². The van der Waals surface area contributed by atoms with E-state index >= 15 is 0 Å². The van der Waals surface area contributed by atoms with E-state index < -0.39 is 5.60 Å². The van der Waals surface area contributed by atoms with E-state index in [-0.39, 0.29) is 0 Å². The molecule has 1 saturated carbocycles. The van der Waals surface area contributed by atoms with E-state index in [0.29, 0.717) is 0 Å². The Kier molecular flexibility index (Phi) is 4.12. The summed E-state index contributed by atoms with van der Waals surface area (Å²) in [6, 6.07) is 0. The molecule has 18 heavy (non-hydrogen) atoms. The van der Waals surface area contributed by atoms with Gasteiger partial charge in [-0.2, -0.15) is 0 Å². The smallest absolute Gasteiger partial charge is 0.0959 e. The number of aromatic nitrogens is 1. The highest BCUT2D eigenvalue weighted by Gasteiger charge is 2.35. The zero-order valence-corrected chi connectivity index (χ0v) is 12.8. The maximum absolute atomic E-state index is 10.7. The monoisotopic (exact) mass is 267 g/mol. The molecule has 0 aromatic carbocycles. The maximum atomic E-state index is 10.7. The van der Waals surface area contributed by atoms with Gasteiger partial charge in [-0.05, 0) is 51.4 Å². The Morgan fingerprint density at radius 1 is 1.33 bits per heavy atom. The van der Waals surface area contributed by atoms with Crippen molar-refractivity contribution in [2.45, 2.75) is 65.4 Å². The van der Waals surface area contributed by atoms with Crippen LogP contribution in [-0.2, 0) is 6.42 Å². The fraction of sp³-hybridized carbons (Fsp3) is 0.800. The number of nitrogens with zero attached hydrogens (tertiary/aromatic N) is 1. The van der Waals surface area contributed by atoms with Crippen LogP contribution in [0.2, 0.25) is 0 Å². The van der Waals surface area contributed by atoms with Gasteiger partial charge in [0.25, 0.3) is 0 Å². The van der Waals surface area contributed by atoms with Gasteiger partial charge in [-0.15, -0.1) is 11.3 Å². The summed E-state index contributed by atoms with van der Waals surface area (Å²) in [6.45, 7) is 8.75. The third-order valence-electron chi connectivity index (χ3n) is 4.46. The van der Waals surface area contributed by atoms with Gasteiger partial charge < -0.3 is 5.11 Å². The van der Waals surface area contributed by atoms with Crippen molar-refractivity contribution >= 4 is 11.3 Å². The van der Waals surface area contributed by atoms with Crippen LogP contribution in [0, 0.1) is 25.7 Å². The van der Waals surface area contributed by atoms with Crippen molar-refractivity contribution in [2.24, 2.45) is 11.8 Å². The van der Waals surface area contributed by atoms with Crippen molar-refractivity contribution in [3.05, 3.63) is 15.6 Å². The summed E-state index contributed by atoms with van der Waals surface area (Å²) in [7, 11) is 0. The first-order chi connectivity index (χ1) is 8.39. The Balaban J connectivity index is 1.97. The van der Waals surface area contributed by atoms with Crippen LogP contribution in [-0.4, -0.2) is 15.7 Å². The van der Waals surface area contributed by atoms with Crippen molar-refractivity contribution in [3.8, 4) is 0 Å². The van der Waals surface area contributed by atoms with E-state index in [9.17, 15) is 5.11 Å². The molecule has 0 bridgehead atoms. The number of aliphatic hydroxyl groups is 1. The topological polar surface area (TPSA) is 33.1 Å². The summed E-state index contributed by atoms with van der Waals surface area (Å²) in [5, 5.41) is 11.8. The van der Waals surface area contributed by atoms with E-state index in [2.05, 4.69) is 32.7 Å². The molecule has 1 aliphatic carbocycles. The molecule has 1 fully saturated rings. The van der Waals surface area contributed by atoms with Crippen molar-refractivity contribution in [2.75, 3.05) is 0 Å². The lowest BCUT2D eigenvalue weighted by atomic mass is 9.73. The highest BCUT2D eigenvalue weighted by molar-refractivity contribution is 7.11. The first-order valence-corrected chi connectivity index (χ1v) is 7.86. The van der Waals surface area contributed by atoms with Crippen molar-refractivity contribution in [3.63, 3.8) is 0 Å². The molecule has 0 spiro atoms. The number of thiazole rings is 1. The molecule has 102 valence electrons. The fourth-order valence-corrected chi connectivity index (χ4v) is 3.99. The van der Waals surface area contributed by atoms with Crippen molar-refractivity contribution in [1.29, 1.82) is 0 Å². The van der Waals surface area contributed by atoms with E-state index in [1.807, 2.05) is 0 Å². The molecule has 0 aliphatic heterocycles. The van der Waals surface area contributed by atoms with E-state index in [1.54, 1.807) is 11.3 Å². The lowest BCUT2D eigenvalue weighted by Crippen LogP contribution is -2.37. The zero-order valence-electron chi connectivity index (χ0n) is 12.0. The maximum Gasteiger partial charge on any atom is 0.0959 e. The van der Waals surface area contributed by atoms with Crippen LogP contribution in [0.15, 0.2) is 0 Å². The molecule has 0 unspecified atom stereocenters. The molecule has 1 aliphatic rings. The van der Waals surface area contributed by atoms with Gasteiger partial charge in [0.1, 0.15) is 0 Å². The molecule has 1 heterocycles. The Morgan fingerprint density at radius 2 is 1.94 bits per heavy atom. The van der Waals surface area contributed by atoms with Crippen molar-refractivity contribution in [1.82, 2.24) is 4.98 Å². The molecule has 0 atom stereocenters. The van der Waals surface area contributed by atoms with Gasteiger partial charge in [0, 0.05) is 11.3 Å². The number of hydrogen-bond donors (Lipinski definition) is 1. The van der Waals surface area contributed by atoms with Crippen LogP contribution in [0.3, 0.4) is 0 Å². The van der Waals surface area contributed by atoms with Gasteiger partial charge >= 0.3 is 0 Å². The van der Waals surface area contributed by atoms with Gasteiger partial charge in [0.05, 0.1) is 16.3 Å². The fourth-order valence-electron chi connectivity index (χ4n) is 2.92. The molecule has 3 heteroatoms. The predicted molar refractivity (Wildman–Crippen MR) is 77.0 cm³/mol. The Hall–Kier alpha value is -0.410. The summed E-state index contributed by atoms with van der Waals surface area (Å²) in [4.78, 5) is 5.84. The summed E-state index contributed by atoms with van der Waals surface area (Å²) in [5.41, 5.74) is 0.622. The van der Waals surface area contributed by atoms with Crippen LogP contribution >= 0.6 is 11.3 Å². The SMILES string of the molecule is Cc1nc(CC2(O)CCC(C(C)C)CC2)sc1C. The van der Waals surface area contributed by atoms with Crippen LogP contribution in [0.4, 0.5) is 0 Å². The van der Waals surface area contributed by atoms with E-state index in [4.69, 9.17) is 0 Å².